The summed E-state index contributed by atoms with van der Waals surface area (Å²) >= 11 is 7.87. The molecule has 1 aromatic heterocycles. The quantitative estimate of drug-likeness (QED) is 0.477. The van der Waals surface area contributed by atoms with Crippen LogP contribution in [0.2, 0.25) is 5.02 Å². The minimum Gasteiger partial charge on any atom is -0.345 e. The predicted octanol–water partition coefficient (Wildman–Crippen LogP) is 4.30. The molecule has 0 radical (unpaired) electrons. The summed E-state index contributed by atoms with van der Waals surface area (Å²) in [5.41, 5.74) is 2.00. The number of carbonyl (C=O) groups is 1. The number of halogens is 2. The molecule has 3 aromatic rings. The Labute approximate surface area is 195 Å². The summed E-state index contributed by atoms with van der Waals surface area (Å²) in [6.07, 6.45) is 0.394. The summed E-state index contributed by atoms with van der Waals surface area (Å²) in [5, 5.41) is 1.59. The van der Waals surface area contributed by atoms with Crippen molar-refractivity contribution >= 4 is 54.0 Å². The number of aromatic nitrogens is 1. The van der Waals surface area contributed by atoms with E-state index in [9.17, 15) is 17.6 Å². The summed E-state index contributed by atoms with van der Waals surface area (Å²) in [4.78, 5) is 21.3. The largest absolute Gasteiger partial charge is 0.345 e. The topological polar surface area (TPSA) is 70.6 Å². The molecule has 10 heteroatoms. The van der Waals surface area contributed by atoms with Crippen LogP contribution in [-0.4, -0.2) is 56.1 Å². The summed E-state index contributed by atoms with van der Waals surface area (Å²) in [6.45, 7) is 4.46. The van der Waals surface area contributed by atoms with E-state index in [-0.39, 0.29) is 29.4 Å². The lowest BCUT2D eigenvalue weighted by atomic mass is 10.2. The van der Waals surface area contributed by atoms with E-state index in [0.29, 0.717) is 31.2 Å². The van der Waals surface area contributed by atoms with E-state index in [1.165, 1.54) is 12.1 Å². The third-order valence-electron chi connectivity index (χ3n) is 5.57. The van der Waals surface area contributed by atoms with Gasteiger partial charge in [0.25, 0.3) is 0 Å². The van der Waals surface area contributed by atoms with Gasteiger partial charge in [0.1, 0.15) is 5.82 Å². The molecule has 0 N–H and O–H groups in total. The van der Waals surface area contributed by atoms with Gasteiger partial charge in [-0.15, -0.1) is 0 Å². The number of hydrogen-bond donors (Lipinski definition) is 0. The molecule has 170 valence electrons. The van der Waals surface area contributed by atoms with Gasteiger partial charge >= 0.3 is 0 Å². The first kappa shape index (κ1) is 22.9. The second kappa shape index (κ2) is 9.33. The zero-order valence-corrected chi connectivity index (χ0v) is 19.9. The number of amides is 1. The van der Waals surface area contributed by atoms with Crippen LogP contribution < -0.4 is 4.90 Å². The third-order valence-corrected chi connectivity index (χ3v) is 8.96. The van der Waals surface area contributed by atoms with Crippen LogP contribution in [0.15, 0.2) is 41.3 Å². The number of hydrogen-bond acceptors (Lipinski definition) is 6. The van der Waals surface area contributed by atoms with Gasteiger partial charge in [0.15, 0.2) is 15.0 Å². The number of rotatable bonds is 6. The van der Waals surface area contributed by atoms with E-state index in [4.69, 9.17) is 16.6 Å². The van der Waals surface area contributed by atoms with Crippen molar-refractivity contribution in [1.82, 2.24) is 9.88 Å². The van der Waals surface area contributed by atoms with Crippen molar-refractivity contribution in [3.63, 3.8) is 0 Å². The highest BCUT2D eigenvalue weighted by molar-refractivity contribution is 7.91. The lowest BCUT2D eigenvalue weighted by molar-refractivity contribution is -0.131. The molecule has 0 saturated carbocycles. The Bertz CT molecular complexity index is 1200. The molecule has 1 aliphatic rings. The molecule has 4 rings (SSSR count). The van der Waals surface area contributed by atoms with Gasteiger partial charge in [0.05, 0.1) is 25.9 Å². The van der Waals surface area contributed by atoms with Gasteiger partial charge in [-0.05, 0) is 49.2 Å². The predicted molar refractivity (Wildman–Crippen MR) is 126 cm³/mol. The molecule has 0 bridgehead atoms. The Kier molecular flexibility index (Phi) is 6.69. The first-order valence-electron chi connectivity index (χ1n) is 10.3. The minimum absolute atomic E-state index is 0.0536. The van der Waals surface area contributed by atoms with Crippen LogP contribution in [0.1, 0.15) is 18.4 Å². The van der Waals surface area contributed by atoms with Crippen molar-refractivity contribution in [1.29, 1.82) is 0 Å². The smallest absolute Gasteiger partial charge is 0.222 e. The normalized spacial score (nSPS) is 14.8. The zero-order chi connectivity index (χ0) is 22.9. The maximum atomic E-state index is 13.0. The van der Waals surface area contributed by atoms with Crippen LogP contribution in [0.5, 0.6) is 0 Å². The fourth-order valence-electron chi connectivity index (χ4n) is 3.70. The van der Waals surface area contributed by atoms with Crippen molar-refractivity contribution in [2.24, 2.45) is 0 Å². The summed E-state index contributed by atoms with van der Waals surface area (Å²) in [7, 11) is -3.53. The van der Waals surface area contributed by atoms with E-state index < -0.39 is 15.7 Å². The first-order valence-corrected chi connectivity index (χ1v) is 13.2. The van der Waals surface area contributed by atoms with Crippen LogP contribution in [0.3, 0.4) is 0 Å². The van der Waals surface area contributed by atoms with Gasteiger partial charge in [0, 0.05) is 32.6 Å². The second-order valence-electron chi connectivity index (χ2n) is 7.78. The Balaban J connectivity index is 1.30. The lowest BCUT2D eigenvalue weighted by Gasteiger charge is -2.34. The zero-order valence-electron chi connectivity index (χ0n) is 17.6. The Morgan fingerprint density at radius 2 is 1.81 bits per heavy atom. The van der Waals surface area contributed by atoms with Crippen molar-refractivity contribution in [3.8, 4) is 0 Å². The van der Waals surface area contributed by atoms with E-state index in [1.807, 2.05) is 19.1 Å². The fourth-order valence-corrected chi connectivity index (χ4v) is 6.38. The molecule has 0 spiro atoms. The number of anilines is 1. The number of thiazole rings is 1. The molecule has 0 aliphatic carbocycles. The number of piperazine rings is 1. The molecule has 1 fully saturated rings. The van der Waals surface area contributed by atoms with Crippen LogP contribution in [0, 0.1) is 12.7 Å². The van der Waals surface area contributed by atoms with Crippen molar-refractivity contribution in [2.75, 3.05) is 36.8 Å². The van der Waals surface area contributed by atoms with Crippen LogP contribution in [0.25, 0.3) is 10.2 Å². The van der Waals surface area contributed by atoms with E-state index >= 15 is 0 Å². The Hall–Kier alpha value is -2.23. The SMILES string of the molecule is Cc1ccc(Cl)c2sc(N3CCN(C(=O)CCCS(=O)(=O)c4ccc(F)cc4)CC3)nc12. The highest BCUT2D eigenvalue weighted by atomic mass is 35.5. The van der Waals surface area contributed by atoms with Crippen molar-refractivity contribution in [2.45, 2.75) is 24.7 Å². The van der Waals surface area contributed by atoms with Gasteiger partial charge in [-0.25, -0.2) is 17.8 Å². The van der Waals surface area contributed by atoms with Gasteiger partial charge in [-0.2, -0.15) is 0 Å². The molecular weight excluding hydrogens is 473 g/mol. The maximum Gasteiger partial charge on any atom is 0.222 e. The summed E-state index contributed by atoms with van der Waals surface area (Å²) in [6, 6.07) is 8.59. The molecular formula is C22H23ClFN3O3S2. The molecule has 1 aliphatic heterocycles. The Morgan fingerprint density at radius 3 is 2.47 bits per heavy atom. The first-order chi connectivity index (χ1) is 15.2. The second-order valence-corrected chi connectivity index (χ2v) is 11.3. The average Bonchev–Trinajstić information content (AvgIpc) is 3.23. The van der Waals surface area contributed by atoms with Crippen LogP contribution >= 0.6 is 22.9 Å². The molecule has 2 heterocycles. The monoisotopic (exact) mass is 495 g/mol. The standard InChI is InChI=1S/C22H23ClFN3O3S2/c1-15-4-9-18(23)21-20(15)25-22(31-21)27-12-10-26(11-13-27)19(28)3-2-14-32(29,30)17-7-5-16(24)6-8-17/h4-9H,2-3,10-14H2,1H3. The molecule has 2 aromatic carbocycles. The maximum absolute atomic E-state index is 13.0. The van der Waals surface area contributed by atoms with Gasteiger partial charge in [-0.3, -0.25) is 4.79 Å². The molecule has 0 atom stereocenters. The average molecular weight is 496 g/mol. The van der Waals surface area contributed by atoms with Gasteiger partial charge < -0.3 is 9.80 Å². The number of nitrogens with zero attached hydrogens (tertiary/aromatic N) is 3. The number of fused-ring (bicyclic) bond motifs is 1. The number of benzene rings is 2. The molecule has 0 unspecified atom stereocenters. The fraction of sp³-hybridized carbons (Fsp3) is 0.364. The van der Waals surface area contributed by atoms with Crippen LogP contribution in [0.4, 0.5) is 9.52 Å². The van der Waals surface area contributed by atoms with E-state index in [2.05, 4.69) is 4.90 Å². The number of carbonyl (C=O) groups excluding carboxylic acids is 1. The van der Waals surface area contributed by atoms with E-state index in [0.717, 1.165) is 33.0 Å². The molecule has 32 heavy (non-hydrogen) atoms. The number of sulfone groups is 1. The van der Waals surface area contributed by atoms with Crippen LogP contribution in [-0.2, 0) is 14.6 Å². The molecule has 1 saturated heterocycles. The van der Waals surface area contributed by atoms with Gasteiger partial charge in [0.2, 0.25) is 5.91 Å². The van der Waals surface area contributed by atoms with Gasteiger partial charge in [-0.1, -0.05) is 29.0 Å². The third kappa shape index (κ3) is 4.89. The Morgan fingerprint density at radius 1 is 1.12 bits per heavy atom. The van der Waals surface area contributed by atoms with Crippen molar-refractivity contribution in [3.05, 3.63) is 52.8 Å². The molecule has 6 nitrogen and oxygen atoms in total. The molecule has 1 amide bonds. The van der Waals surface area contributed by atoms with E-state index in [1.54, 1.807) is 16.2 Å². The highest BCUT2D eigenvalue weighted by Crippen LogP contribution is 2.35. The van der Waals surface area contributed by atoms with Crippen molar-refractivity contribution < 1.29 is 17.6 Å². The summed E-state index contributed by atoms with van der Waals surface area (Å²) in [5.74, 6) is -0.680. The lowest BCUT2D eigenvalue weighted by Crippen LogP contribution is -2.48. The number of aryl methyl sites for hydroxylation is 1. The highest BCUT2D eigenvalue weighted by Gasteiger charge is 2.24. The minimum atomic E-state index is -3.53. The summed E-state index contributed by atoms with van der Waals surface area (Å²) < 4.78 is 38.7.